The summed E-state index contributed by atoms with van der Waals surface area (Å²) in [5.41, 5.74) is 0. The fourth-order valence-electron chi connectivity index (χ4n) is 2.52. The van der Waals surface area contributed by atoms with Crippen molar-refractivity contribution in [3.63, 3.8) is 0 Å². The van der Waals surface area contributed by atoms with Gasteiger partial charge >= 0.3 is 0 Å². The van der Waals surface area contributed by atoms with Gasteiger partial charge in [0.25, 0.3) is 0 Å². The average molecular weight is 226 g/mol. The van der Waals surface area contributed by atoms with E-state index in [9.17, 15) is 0 Å². The van der Waals surface area contributed by atoms with Crippen molar-refractivity contribution in [1.29, 1.82) is 0 Å². The molecule has 2 aliphatic rings. The summed E-state index contributed by atoms with van der Waals surface area (Å²) in [6, 6.07) is 0.599. The first-order valence-corrected chi connectivity index (χ1v) is 6.28. The maximum Gasteiger partial charge on any atom is 0.225 e. The number of aromatic nitrogens is 3. The van der Waals surface area contributed by atoms with E-state index >= 15 is 0 Å². The molecule has 2 aliphatic carbocycles. The van der Waals surface area contributed by atoms with Gasteiger partial charge in [-0.05, 0) is 49.1 Å². The Morgan fingerprint density at radius 3 is 2.33 bits per heavy atom. The molecule has 1 aromatic rings. The number of aryl methyl sites for hydroxylation is 1. The molecule has 3 nitrogen and oxygen atoms in total. The Balaban J connectivity index is 1.96. The largest absolute Gasteiger partial charge is 0.298 e. The van der Waals surface area contributed by atoms with Crippen LogP contribution in [0.1, 0.15) is 44.5 Å². The van der Waals surface area contributed by atoms with Crippen molar-refractivity contribution in [2.24, 2.45) is 11.8 Å². The van der Waals surface area contributed by atoms with Crippen LogP contribution < -0.4 is 0 Å². The molecule has 0 N–H and O–H groups in total. The zero-order valence-electron chi connectivity index (χ0n) is 8.99. The number of hydrogen-bond acceptors (Lipinski definition) is 2. The lowest BCUT2D eigenvalue weighted by Crippen LogP contribution is -2.16. The Bertz CT molecular complexity index is 354. The van der Waals surface area contributed by atoms with Gasteiger partial charge in [-0.15, -0.1) is 10.2 Å². The first kappa shape index (κ1) is 9.64. The fraction of sp³-hybridized carbons (Fsp3) is 0.818. The maximum absolute atomic E-state index is 6.15. The third-order valence-corrected chi connectivity index (χ3v) is 3.81. The lowest BCUT2D eigenvalue weighted by atomic mass is 10.1. The van der Waals surface area contributed by atoms with Crippen molar-refractivity contribution in [3.05, 3.63) is 11.1 Å². The molecule has 0 amide bonds. The highest BCUT2D eigenvalue weighted by molar-refractivity contribution is 6.28. The summed E-state index contributed by atoms with van der Waals surface area (Å²) < 4.78 is 2.21. The summed E-state index contributed by atoms with van der Waals surface area (Å²) in [5.74, 6) is 2.75. The molecule has 3 rings (SSSR count). The van der Waals surface area contributed by atoms with Crippen LogP contribution in [0.2, 0.25) is 5.28 Å². The van der Waals surface area contributed by atoms with Crippen LogP contribution in [0.3, 0.4) is 0 Å². The van der Waals surface area contributed by atoms with E-state index in [2.05, 4.69) is 21.7 Å². The summed E-state index contributed by atoms with van der Waals surface area (Å²) in [6.07, 6.45) is 6.37. The maximum atomic E-state index is 6.15. The van der Waals surface area contributed by atoms with E-state index in [1.165, 1.54) is 25.7 Å². The molecule has 2 saturated carbocycles. The van der Waals surface area contributed by atoms with Crippen molar-refractivity contribution in [1.82, 2.24) is 14.8 Å². The topological polar surface area (TPSA) is 30.7 Å². The molecule has 0 spiro atoms. The zero-order valence-corrected chi connectivity index (χ0v) is 9.74. The van der Waals surface area contributed by atoms with Gasteiger partial charge in [0.15, 0.2) is 0 Å². The Kier molecular flexibility index (Phi) is 2.23. The molecule has 0 aromatic carbocycles. The van der Waals surface area contributed by atoms with Crippen molar-refractivity contribution in [2.75, 3.05) is 0 Å². The Morgan fingerprint density at radius 1 is 1.27 bits per heavy atom. The molecule has 0 bridgehead atoms. The summed E-state index contributed by atoms with van der Waals surface area (Å²) in [6.45, 7) is 2.12. The van der Waals surface area contributed by atoms with E-state index in [4.69, 9.17) is 11.6 Å². The van der Waals surface area contributed by atoms with Crippen LogP contribution in [0, 0.1) is 11.8 Å². The second-order valence-electron chi connectivity index (χ2n) is 4.77. The van der Waals surface area contributed by atoms with Gasteiger partial charge in [-0.1, -0.05) is 6.92 Å². The molecule has 0 atom stereocenters. The van der Waals surface area contributed by atoms with E-state index in [1.54, 1.807) is 0 Å². The SMILES string of the molecule is CCc1nnc(Cl)n1C(C1CC1)C1CC1. The predicted octanol–water partition coefficient (Wildman–Crippen LogP) is 2.86. The first-order valence-electron chi connectivity index (χ1n) is 5.90. The minimum Gasteiger partial charge on any atom is -0.298 e. The van der Waals surface area contributed by atoms with Crippen LogP contribution in [0.4, 0.5) is 0 Å². The smallest absolute Gasteiger partial charge is 0.225 e. The van der Waals surface area contributed by atoms with Gasteiger partial charge in [0.1, 0.15) is 5.82 Å². The molecule has 0 unspecified atom stereocenters. The number of rotatable bonds is 4. The van der Waals surface area contributed by atoms with Gasteiger partial charge < -0.3 is 0 Å². The average Bonchev–Trinajstić information content (AvgIpc) is 3.10. The second-order valence-corrected chi connectivity index (χ2v) is 5.11. The highest BCUT2D eigenvalue weighted by Crippen LogP contribution is 2.52. The van der Waals surface area contributed by atoms with Crippen LogP contribution >= 0.6 is 11.6 Å². The van der Waals surface area contributed by atoms with Crippen molar-refractivity contribution in [2.45, 2.75) is 45.1 Å². The Labute approximate surface area is 94.8 Å². The number of hydrogen-bond donors (Lipinski definition) is 0. The molecule has 4 heteroatoms. The second kappa shape index (κ2) is 3.48. The Morgan fingerprint density at radius 2 is 1.87 bits per heavy atom. The van der Waals surface area contributed by atoms with Gasteiger partial charge in [0, 0.05) is 12.5 Å². The highest BCUT2D eigenvalue weighted by Gasteiger charge is 2.44. The van der Waals surface area contributed by atoms with Crippen LogP contribution in [-0.4, -0.2) is 14.8 Å². The summed E-state index contributed by atoms with van der Waals surface area (Å²) in [7, 11) is 0. The van der Waals surface area contributed by atoms with E-state index < -0.39 is 0 Å². The number of halogens is 1. The Hall–Kier alpha value is -0.570. The summed E-state index contributed by atoms with van der Waals surface area (Å²) >= 11 is 6.15. The minimum atomic E-state index is 0.593. The van der Waals surface area contributed by atoms with Crippen LogP contribution in [0.15, 0.2) is 0 Å². The van der Waals surface area contributed by atoms with E-state index in [-0.39, 0.29) is 0 Å². The van der Waals surface area contributed by atoms with Gasteiger partial charge in [-0.25, -0.2) is 0 Å². The molecular weight excluding hydrogens is 210 g/mol. The first-order chi connectivity index (χ1) is 7.31. The third kappa shape index (κ3) is 1.67. The standard InChI is InChI=1S/C11H16ClN3/c1-2-9-13-14-11(12)15(9)10(7-3-4-7)8-5-6-8/h7-8,10H,2-6H2,1H3. The molecular formula is C11H16ClN3. The molecule has 0 aliphatic heterocycles. The quantitative estimate of drug-likeness (QED) is 0.789. The van der Waals surface area contributed by atoms with Crippen LogP contribution in [0.5, 0.6) is 0 Å². The van der Waals surface area contributed by atoms with Crippen LogP contribution in [0.25, 0.3) is 0 Å². The van der Waals surface area contributed by atoms with Gasteiger partial charge in [-0.3, -0.25) is 4.57 Å². The number of nitrogens with zero attached hydrogens (tertiary/aromatic N) is 3. The molecule has 1 aromatic heterocycles. The molecule has 82 valence electrons. The minimum absolute atomic E-state index is 0.593. The molecule has 0 saturated heterocycles. The summed E-state index contributed by atoms with van der Waals surface area (Å²) in [5, 5.41) is 8.76. The predicted molar refractivity (Wildman–Crippen MR) is 58.9 cm³/mol. The lowest BCUT2D eigenvalue weighted by molar-refractivity contribution is 0.384. The highest BCUT2D eigenvalue weighted by atomic mass is 35.5. The monoisotopic (exact) mass is 225 g/mol. The third-order valence-electron chi connectivity index (χ3n) is 3.55. The van der Waals surface area contributed by atoms with E-state index in [0.717, 1.165) is 24.1 Å². The molecule has 1 heterocycles. The molecule has 0 radical (unpaired) electrons. The van der Waals surface area contributed by atoms with Crippen molar-refractivity contribution < 1.29 is 0 Å². The van der Waals surface area contributed by atoms with Crippen molar-refractivity contribution in [3.8, 4) is 0 Å². The normalized spacial score (nSPS) is 21.3. The van der Waals surface area contributed by atoms with Crippen LogP contribution in [-0.2, 0) is 6.42 Å². The van der Waals surface area contributed by atoms with Crippen molar-refractivity contribution >= 4 is 11.6 Å². The van der Waals surface area contributed by atoms with Gasteiger partial charge in [0.2, 0.25) is 5.28 Å². The van der Waals surface area contributed by atoms with E-state index in [0.29, 0.717) is 11.3 Å². The lowest BCUT2D eigenvalue weighted by Gasteiger charge is -2.19. The summed E-state index contributed by atoms with van der Waals surface area (Å²) in [4.78, 5) is 0. The molecule has 15 heavy (non-hydrogen) atoms. The van der Waals surface area contributed by atoms with Gasteiger partial charge in [0.05, 0.1) is 0 Å². The fourth-order valence-corrected chi connectivity index (χ4v) is 2.77. The zero-order chi connectivity index (χ0) is 10.4. The van der Waals surface area contributed by atoms with Gasteiger partial charge in [-0.2, -0.15) is 0 Å². The molecule has 2 fully saturated rings. The van der Waals surface area contributed by atoms with E-state index in [1.807, 2.05) is 0 Å².